The molecule has 2 rings (SSSR count). The molecular weight excluding hydrogens is 362 g/mol. The molecule has 0 unspecified atom stereocenters. The molecule has 0 bridgehead atoms. The minimum atomic E-state index is -0.465. The average Bonchev–Trinajstić information content (AvgIpc) is 2.66. The van der Waals surface area contributed by atoms with Crippen LogP contribution >= 0.6 is 0 Å². The first-order valence-electron chi connectivity index (χ1n) is 9.32. The third kappa shape index (κ3) is 6.95. The first kappa shape index (κ1) is 21.9. The Morgan fingerprint density at radius 3 is 2.46 bits per heavy atom. The Hall–Kier alpha value is -2.42. The number of benzene rings is 1. The molecule has 1 aromatic carbocycles. The predicted molar refractivity (Wildman–Crippen MR) is 109 cm³/mol. The van der Waals surface area contributed by atoms with Crippen molar-refractivity contribution in [3.63, 3.8) is 0 Å². The van der Waals surface area contributed by atoms with Crippen molar-refractivity contribution in [3.8, 4) is 0 Å². The van der Waals surface area contributed by atoms with Crippen LogP contribution in [0.15, 0.2) is 33.5 Å². The van der Waals surface area contributed by atoms with Crippen LogP contribution in [0.3, 0.4) is 0 Å². The molecule has 1 aromatic heterocycles. The van der Waals surface area contributed by atoms with E-state index in [1.807, 2.05) is 38.2 Å². The van der Waals surface area contributed by atoms with Crippen LogP contribution in [0.4, 0.5) is 5.69 Å². The maximum absolute atomic E-state index is 12.2. The summed E-state index contributed by atoms with van der Waals surface area (Å²) in [5.41, 5.74) is 1.58. The molecule has 0 aliphatic heterocycles. The molecule has 0 aliphatic rings. The number of fused-ring (bicyclic) bond motifs is 1. The van der Waals surface area contributed by atoms with Crippen LogP contribution in [-0.2, 0) is 20.7 Å². The zero-order chi connectivity index (χ0) is 20.4. The van der Waals surface area contributed by atoms with Crippen molar-refractivity contribution in [2.45, 2.75) is 6.42 Å². The number of hydrogen-bond donors (Lipinski definition) is 2. The molecule has 28 heavy (non-hydrogen) atoms. The molecule has 0 saturated heterocycles. The number of ether oxygens (including phenoxy) is 2. The molecule has 0 radical (unpaired) electrons. The quantitative estimate of drug-likeness (QED) is 0.408. The normalized spacial score (nSPS) is 11.0. The minimum absolute atomic E-state index is 0.108. The van der Waals surface area contributed by atoms with Gasteiger partial charge >= 0.3 is 5.63 Å². The minimum Gasteiger partial charge on any atom is -0.423 e. The Labute approximate surface area is 164 Å². The number of rotatable bonds is 12. The number of nitrogens with one attached hydrogen (secondary N) is 2. The summed E-state index contributed by atoms with van der Waals surface area (Å²) < 4.78 is 16.0. The van der Waals surface area contributed by atoms with Crippen LogP contribution in [0.2, 0.25) is 0 Å². The smallest absolute Gasteiger partial charge is 0.336 e. The Bertz CT molecular complexity index is 819. The third-order valence-corrected chi connectivity index (χ3v) is 4.12. The van der Waals surface area contributed by atoms with Crippen molar-refractivity contribution in [1.29, 1.82) is 0 Å². The molecule has 1 heterocycles. The fourth-order valence-electron chi connectivity index (χ4n) is 2.64. The molecule has 0 aliphatic carbocycles. The number of carbonyl (C=O) groups is 1. The van der Waals surface area contributed by atoms with Crippen LogP contribution < -0.4 is 21.2 Å². The summed E-state index contributed by atoms with van der Waals surface area (Å²) in [6.07, 6.45) is 0.108. The van der Waals surface area contributed by atoms with Crippen molar-refractivity contribution in [2.75, 3.05) is 65.6 Å². The zero-order valence-corrected chi connectivity index (χ0v) is 16.7. The van der Waals surface area contributed by atoms with Crippen LogP contribution in [0.25, 0.3) is 11.0 Å². The van der Waals surface area contributed by atoms with Crippen molar-refractivity contribution >= 4 is 22.6 Å². The van der Waals surface area contributed by atoms with Gasteiger partial charge in [0.1, 0.15) is 5.58 Å². The lowest BCUT2D eigenvalue weighted by atomic mass is 10.1. The second-order valence-corrected chi connectivity index (χ2v) is 6.52. The highest BCUT2D eigenvalue weighted by Crippen LogP contribution is 2.23. The Morgan fingerprint density at radius 2 is 1.79 bits per heavy atom. The highest BCUT2D eigenvalue weighted by molar-refractivity contribution is 5.88. The summed E-state index contributed by atoms with van der Waals surface area (Å²) in [7, 11) is 5.69. The zero-order valence-electron chi connectivity index (χ0n) is 16.7. The second-order valence-electron chi connectivity index (χ2n) is 6.52. The fourth-order valence-corrected chi connectivity index (χ4v) is 2.64. The largest absolute Gasteiger partial charge is 0.423 e. The molecule has 0 fully saturated rings. The maximum atomic E-state index is 12.2. The lowest BCUT2D eigenvalue weighted by molar-refractivity contribution is -0.120. The number of amides is 1. The summed E-state index contributed by atoms with van der Waals surface area (Å²) in [4.78, 5) is 26.0. The van der Waals surface area contributed by atoms with Gasteiger partial charge in [-0.1, -0.05) is 0 Å². The summed E-state index contributed by atoms with van der Waals surface area (Å²) in [5, 5.41) is 6.55. The van der Waals surface area contributed by atoms with Gasteiger partial charge in [-0.25, -0.2) is 4.79 Å². The van der Waals surface area contributed by atoms with E-state index >= 15 is 0 Å². The third-order valence-electron chi connectivity index (χ3n) is 4.12. The Kier molecular flexibility index (Phi) is 8.93. The number of nitrogens with zero attached hydrogens (tertiary/aromatic N) is 1. The molecule has 154 valence electrons. The van der Waals surface area contributed by atoms with Crippen LogP contribution in [0.1, 0.15) is 5.56 Å². The molecule has 1 amide bonds. The summed E-state index contributed by atoms with van der Waals surface area (Å²) in [6.45, 7) is 3.27. The standard InChI is InChI=1S/C20H29N3O5/c1-21-6-8-26-10-11-27-9-7-22-19(24)12-15-13-20(25)28-18-14-16(23(2)3)4-5-17(15)18/h4-5,13-14,21H,6-12H2,1-3H3,(H,22,24). The Balaban J connectivity index is 1.82. The van der Waals surface area contributed by atoms with E-state index in [1.165, 1.54) is 6.07 Å². The van der Waals surface area contributed by atoms with Gasteiger partial charge in [0.05, 0.1) is 32.8 Å². The fraction of sp³-hybridized carbons (Fsp3) is 0.500. The summed E-state index contributed by atoms with van der Waals surface area (Å²) >= 11 is 0. The van der Waals surface area contributed by atoms with E-state index < -0.39 is 5.63 Å². The van der Waals surface area contributed by atoms with E-state index in [-0.39, 0.29) is 12.3 Å². The molecule has 0 atom stereocenters. The lowest BCUT2D eigenvalue weighted by Crippen LogP contribution is -2.29. The van der Waals surface area contributed by atoms with Gasteiger partial charge in [0.15, 0.2) is 0 Å². The van der Waals surface area contributed by atoms with Crippen LogP contribution in [0, 0.1) is 0 Å². The van der Waals surface area contributed by atoms with E-state index in [1.54, 1.807) is 6.07 Å². The maximum Gasteiger partial charge on any atom is 0.336 e. The van der Waals surface area contributed by atoms with Gasteiger partial charge < -0.3 is 29.4 Å². The topological polar surface area (TPSA) is 93.0 Å². The molecular formula is C20H29N3O5. The molecule has 0 spiro atoms. The summed E-state index contributed by atoms with van der Waals surface area (Å²) in [6, 6.07) is 6.96. The first-order valence-corrected chi connectivity index (χ1v) is 9.32. The Morgan fingerprint density at radius 1 is 1.07 bits per heavy atom. The molecule has 0 saturated carbocycles. The van der Waals surface area contributed by atoms with Crippen LogP contribution in [-0.4, -0.2) is 66.6 Å². The highest BCUT2D eigenvalue weighted by atomic mass is 16.5. The van der Waals surface area contributed by atoms with Crippen molar-refractivity contribution in [3.05, 3.63) is 40.2 Å². The number of hydrogen-bond acceptors (Lipinski definition) is 7. The van der Waals surface area contributed by atoms with Gasteiger partial charge in [-0.15, -0.1) is 0 Å². The van der Waals surface area contributed by atoms with Gasteiger partial charge in [-0.05, 0) is 24.7 Å². The molecule has 8 heteroatoms. The number of anilines is 1. The van der Waals surface area contributed by atoms with E-state index in [0.717, 1.165) is 17.6 Å². The monoisotopic (exact) mass is 391 g/mol. The average molecular weight is 391 g/mol. The lowest BCUT2D eigenvalue weighted by Gasteiger charge is -2.13. The van der Waals surface area contributed by atoms with E-state index in [2.05, 4.69) is 10.6 Å². The van der Waals surface area contributed by atoms with Crippen molar-refractivity contribution < 1.29 is 18.7 Å². The van der Waals surface area contributed by atoms with Crippen molar-refractivity contribution in [1.82, 2.24) is 10.6 Å². The van der Waals surface area contributed by atoms with Gasteiger partial charge in [-0.2, -0.15) is 0 Å². The van der Waals surface area contributed by atoms with Gasteiger partial charge in [0, 0.05) is 50.4 Å². The summed E-state index contributed by atoms with van der Waals surface area (Å²) in [5.74, 6) is -0.169. The predicted octanol–water partition coefficient (Wildman–Crippen LogP) is 0.770. The highest BCUT2D eigenvalue weighted by Gasteiger charge is 2.11. The number of carbonyl (C=O) groups excluding carboxylic acids is 1. The SMILES string of the molecule is CNCCOCCOCCNC(=O)Cc1cc(=O)oc2cc(N(C)C)ccc12. The van der Waals surface area contributed by atoms with Gasteiger partial charge in [-0.3, -0.25) is 4.79 Å². The molecule has 2 aromatic rings. The van der Waals surface area contributed by atoms with E-state index in [0.29, 0.717) is 44.1 Å². The van der Waals surface area contributed by atoms with Crippen LogP contribution in [0.5, 0.6) is 0 Å². The number of likely N-dealkylation sites (N-methyl/N-ethyl adjacent to an activating group) is 1. The van der Waals surface area contributed by atoms with E-state index in [4.69, 9.17) is 13.9 Å². The molecule has 2 N–H and O–H groups in total. The van der Waals surface area contributed by atoms with Gasteiger partial charge in [0.2, 0.25) is 5.91 Å². The van der Waals surface area contributed by atoms with E-state index in [9.17, 15) is 9.59 Å². The van der Waals surface area contributed by atoms with Crippen molar-refractivity contribution in [2.24, 2.45) is 0 Å². The second kappa shape index (κ2) is 11.4. The molecule has 8 nitrogen and oxygen atoms in total. The van der Waals surface area contributed by atoms with Gasteiger partial charge in [0.25, 0.3) is 0 Å². The first-order chi connectivity index (χ1) is 13.5.